The lowest BCUT2D eigenvalue weighted by molar-refractivity contribution is 0.408. The Labute approximate surface area is 137 Å². The van der Waals surface area contributed by atoms with Crippen LogP contribution in [0.15, 0.2) is 42.5 Å². The summed E-state index contributed by atoms with van der Waals surface area (Å²) in [5.74, 6) is 6.02. The van der Waals surface area contributed by atoms with Gasteiger partial charge in [0.25, 0.3) is 0 Å². The van der Waals surface area contributed by atoms with Crippen molar-refractivity contribution in [3.8, 4) is 23.3 Å². The van der Waals surface area contributed by atoms with E-state index in [0.717, 1.165) is 17.5 Å². The van der Waals surface area contributed by atoms with E-state index in [1.165, 1.54) is 6.07 Å². The van der Waals surface area contributed by atoms with Crippen LogP contribution in [0.4, 0.5) is 0 Å². The maximum Gasteiger partial charge on any atom is 0.165 e. The first-order valence-corrected chi connectivity index (χ1v) is 7.69. The third kappa shape index (κ3) is 4.77. The minimum absolute atomic E-state index is 0.0221. The second kappa shape index (κ2) is 7.21. The van der Waals surface area contributed by atoms with Crippen LogP contribution in [-0.4, -0.2) is 16.8 Å². The molecule has 0 unspecified atom stereocenters. The Morgan fingerprint density at radius 3 is 2.61 bits per heavy atom. The van der Waals surface area contributed by atoms with E-state index in [9.17, 15) is 10.2 Å². The van der Waals surface area contributed by atoms with Crippen molar-refractivity contribution in [3.05, 3.63) is 48.0 Å². The summed E-state index contributed by atoms with van der Waals surface area (Å²) in [7, 11) is 0. The van der Waals surface area contributed by atoms with E-state index in [0.29, 0.717) is 11.9 Å². The van der Waals surface area contributed by atoms with Crippen molar-refractivity contribution < 1.29 is 10.2 Å². The van der Waals surface area contributed by atoms with Crippen LogP contribution in [0.25, 0.3) is 10.8 Å². The van der Waals surface area contributed by atoms with E-state index >= 15 is 0 Å². The van der Waals surface area contributed by atoms with E-state index in [1.807, 2.05) is 30.4 Å². The van der Waals surface area contributed by atoms with Gasteiger partial charge in [-0.1, -0.05) is 42.2 Å². The average molecular weight is 309 g/mol. The molecular weight excluding hydrogens is 286 g/mol. The SMILES string of the molecule is CC(C)(C)C#C/C=C/CNCc1cccc2c(O)c(O)ccc12. The van der Waals surface area contributed by atoms with Crippen LogP contribution in [-0.2, 0) is 6.54 Å². The number of benzene rings is 2. The highest BCUT2D eigenvalue weighted by molar-refractivity contribution is 5.92. The van der Waals surface area contributed by atoms with Crippen molar-refractivity contribution in [1.82, 2.24) is 5.32 Å². The first kappa shape index (κ1) is 16.9. The Morgan fingerprint density at radius 1 is 1.09 bits per heavy atom. The molecule has 3 N–H and O–H groups in total. The monoisotopic (exact) mass is 309 g/mol. The van der Waals surface area contributed by atoms with Gasteiger partial charge >= 0.3 is 0 Å². The number of allylic oxidation sites excluding steroid dienone is 1. The highest BCUT2D eigenvalue weighted by Crippen LogP contribution is 2.34. The number of rotatable bonds is 4. The molecule has 2 aromatic rings. The highest BCUT2D eigenvalue weighted by atomic mass is 16.3. The molecule has 2 aromatic carbocycles. The molecule has 0 spiro atoms. The molecule has 0 radical (unpaired) electrons. The Bertz CT molecular complexity index is 774. The zero-order valence-electron chi connectivity index (χ0n) is 13.9. The van der Waals surface area contributed by atoms with Crippen molar-refractivity contribution in [3.63, 3.8) is 0 Å². The standard InChI is InChI=1S/C20H23NO2/c1-20(2,3)12-5-4-6-13-21-14-15-8-7-9-17-16(15)10-11-18(22)19(17)23/h4,6-11,21-23H,13-14H2,1-3H3/b6-4+. The summed E-state index contributed by atoms with van der Waals surface area (Å²) in [4.78, 5) is 0. The smallest absolute Gasteiger partial charge is 0.165 e. The number of hydrogen-bond acceptors (Lipinski definition) is 3. The zero-order valence-corrected chi connectivity index (χ0v) is 13.9. The minimum atomic E-state index is -0.0945. The van der Waals surface area contributed by atoms with Gasteiger partial charge in [0.05, 0.1) is 0 Å². The van der Waals surface area contributed by atoms with Crippen LogP contribution in [0.5, 0.6) is 11.5 Å². The van der Waals surface area contributed by atoms with E-state index in [4.69, 9.17) is 0 Å². The summed E-state index contributed by atoms with van der Waals surface area (Å²) < 4.78 is 0. The number of nitrogens with one attached hydrogen (secondary N) is 1. The van der Waals surface area contributed by atoms with E-state index in [2.05, 4.69) is 37.9 Å². The largest absolute Gasteiger partial charge is 0.504 e. The van der Waals surface area contributed by atoms with Crippen LogP contribution in [0.2, 0.25) is 0 Å². The van der Waals surface area contributed by atoms with Gasteiger partial charge in [-0.3, -0.25) is 0 Å². The number of fused-ring (bicyclic) bond motifs is 1. The lowest BCUT2D eigenvalue weighted by Crippen LogP contribution is -2.13. The average Bonchev–Trinajstić information content (AvgIpc) is 2.49. The van der Waals surface area contributed by atoms with Gasteiger partial charge in [0, 0.05) is 23.9 Å². The third-order valence-electron chi connectivity index (χ3n) is 3.33. The summed E-state index contributed by atoms with van der Waals surface area (Å²) >= 11 is 0. The third-order valence-corrected chi connectivity index (χ3v) is 3.33. The fraction of sp³-hybridized carbons (Fsp3) is 0.300. The van der Waals surface area contributed by atoms with Crippen LogP contribution >= 0.6 is 0 Å². The summed E-state index contributed by atoms with van der Waals surface area (Å²) in [5.41, 5.74) is 1.10. The van der Waals surface area contributed by atoms with Gasteiger partial charge in [-0.2, -0.15) is 0 Å². The van der Waals surface area contributed by atoms with E-state index in [-0.39, 0.29) is 16.9 Å². The summed E-state index contributed by atoms with van der Waals surface area (Å²) in [6.45, 7) is 7.65. The van der Waals surface area contributed by atoms with Crippen LogP contribution < -0.4 is 5.32 Å². The molecular formula is C20H23NO2. The Balaban J connectivity index is 1.99. The Hall–Kier alpha value is -2.44. The predicted molar refractivity (Wildman–Crippen MR) is 95.4 cm³/mol. The number of hydrogen-bond donors (Lipinski definition) is 3. The van der Waals surface area contributed by atoms with Crippen LogP contribution in [0, 0.1) is 17.3 Å². The van der Waals surface area contributed by atoms with Crippen LogP contribution in [0.1, 0.15) is 26.3 Å². The quantitative estimate of drug-likeness (QED) is 0.455. The molecule has 0 fully saturated rings. The topological polar surface area (TPSA) is 52.5 Å². The lowest BCUT2D eigenvalue weighted by Gasteiger charge is -2.09. The molecule has 0 aliphatic rings. The van der Waals surface area contributed by atoms with Gasteiger partial charge in [0.2, 0.25) is 0 Å². The predicted octanol–water partition coefficient (Wildman–Crippen LogP) is 3.95. The molecule has 120 valence electrons. The first-order chi connectivity index (χ1) is 10.9. The maximum atomic E-state index is 9.92. The molecule has 0 aliphatic carbocycles. The Kier molecular flexibility index (Phi) is 5.31. The molecule has 2 rings (SSSR count). The van der Waals surface area contributed by atoms with Crippen molar-refractivity contribution in [2.75, 3.05) is 6.54 Å². The lowest BCUT2D eigenvalue weighted by atomic mass is 9.98. The fourth-order valence-electron chi connectivity index (χ4n) is 2.22. The zero-order chi connectivity index (χ0) is 16.9. The summed E-state index contributed by atoms with van der Waals surface area (Å²) in [6, 6.07) is 9.03. The van der Waals surface area contributed by atoms with Crippen molar-refractivity contribution in [1.29, 1.82) is 0 Å². The summed E-state index contributed by atoms with van der Waals surface area (Å²) in [5, 5.41) is 24.4. The maximum absolute atomic E-state index is 9.92. The first-order valence-electron chi connectivity index (χ1n) is 7.69. The minimum Gasteiger partial charge on any atom is -0.504 e. The molecule has 0 atom stereocenters. The fourth-order valence-corrected chi connectivity index (χ4v) is 2.22. The van der Waals surface area contributed by atoms with Gasteiger partial charge in [0.1, 0.15) is 0 Å². The van der Waals surface area contributed by atoms with E-state index < -0.39 is 0 Å². The summed E-state index contributed by atoms with van der Waals surface area (Å²) in [6.07, 6.45) is 3.86. The second-order valence-electron chi connectivity index (χ2n) is 6.50. The van der Waals surface area contributed by atoms with Crippen LogP contribution in [0.3, 0.4) is 0 Å². The molecule has 0 saturated carbocycles. The molecule has 0 heterocycles. The molecule has 3 nitrogen and oxygen atoms in total. The molecule has 0 aliphatic heterocycles. The van der Waals surface area contributed by atoms with Gasteiger partial charge in [-0.25, -0.2) is 0 Å². The van der Waals surface area contributed by atoms with Crippen molar-refractivity contribution in [2.24, 2.45) is 5.41 Å². The number of phenols is 2. The van der Waals surface area contributed by atoms with Gasteiger partial charge < -0.3 is 15.5 Å². The van der Waals surface area contributed by atoms with Gasteiger partial charge in [-0.05, 0) is 43.9 Å². The molecule has 0 aromatic heterocycles. The molecule has 23 heavy (non-hydrogen) atoms. The second-order valence-corrected chi connectivity index (χ2v) is 6.50. The van der Waals surface area contributed by atoms with Gasteiger partial charge in [0.15, 0.2) is 11.5 Å². The molecule has 0 bridgehead atoms. The number of aromatic hydroxyl groups is 2. The molecule has 0 amide bonds. The Morgan fingerprint density at radius 2 is 1.87 bits per heavy atom. The number of phenolic OH excluding ortho intramolecular Hbond substituents is 2. The molecule has 0 saturated heterocycles. The van der Waals surface area contributed by atoms with Gasteiger partial charge in [-0.15, -0.1) is 0 Å². The van der Waals surface area contributed by atoms with Crippen molar-refractivity contribution >= 4 is 10.8 Å². The normalized spacial score (nSPS) is 11.6. The van der Waals surface area contributed by atoms with Crippen molar-refractivity contribution in [2.45, 2.75) is 27.3 Å². The molecule has 3 heteroatoms. The van der Waals surface area contributed by atoms with E-state index in [1.54, 1.807) is 6.07 Å². The highest BCUT2D eigenvalue weighted by Gasteiger charge is 2.07.